The lowest BCUT2D eigenvalue weighted by Gasteiger charge is -2.23. The number of aromatic nitrogens is 2. The molecule has 0 fully saturated rings. The Morgan fingerprint density at radius 3 is 2.84 bits per heavy atom. The third kappa shape index (κ3) is 7.30. The van der Waals surface area contributed by atoms with Crippen molar-refractivity contribution in [3.05, 3.63) is 88.5 Å². The number of carbonyl (C=O) groups excluding carboxylic acids is 1. The van der Waals surface area contributed by atoms with Crippen LogP contribution in [0, 0.1) is 0 Å². The van der Waals surface area contributed by atoms with Crippen molar-refractivity contribution in [2.24, 2.45) is 5.73 Å². The predicted octanol–water partition coefficient (Wildman–Crippen LogP) is 5.16. The number of phenols is 1. The summed E-state index contributed by atoms with van der Waals surface area (Å²) >= 11 is 0. The molecular formula is C34H42N4O5. The topological polar surface area (TPSA) is 146 Å². The number of aryl methyl sites for hydroxylation is 1. The van der Waals surface area contributed by atoms with Crippen LogP contribution in [-0.2, 0) is 31.0 Å². The molecule has 5 rings (SSSR count). The Hall–Kier alpha value is -4.05. The molecule has 0 amide bonds. The van der Waals surface area contributed by atoms with Crippen molar-refractivity contribution in [1.82, 2.24) is 14.9 Å². The summed E-state index contributed by atoms with van der Waals surface area (Å²) in [5.74, 6) is 0.420. The highest BCUT2D eigenvalue weighted by atomic mass is 16.5. The third-order valence-corrected chi connectivity index (χ3v) is 8.20. The number of hydrogen-bond acceptors (Lipinski definition) is 7. The van der Waals surface area contributed by atoms with Gasteiger partial charge in [0, 0.05) is 43.2 Å². The Balaban J connectivity index is 1.23. The molecule has 0 saturated heterocycles. The van der Waals surface area contributed by atoms with Gasteiger partial charge < -0.3 is 40.7 Å². The summed E-state index contributed by atoms with van der Waals surface area (Å²) in [4.78, 5) is 15.7. The molecular weight excluding hydrogens is 544 g/mol. The number of aromatic amines is 1. The second kappa shape index (κ2) is 13.9. The monoisotopic (exact) mass is 586 g/mol. The zero-order valence-corrected chi connectivity index (χ0v) is 24.7. The van der Waals surface area contributed by atoms with Crippen LogP contribution in [0.1, 0.15) is 85.0 Å². The van der Waals surface area contributed by atoms with Gasteiger partial charge in [-0.15, -0.1) is 0 Å². The van der Waals surface area contributed by atoms with Crippen molar-refractivity contribution in [3.8, 4) is 11.5 Å². The highest BCUT2D eigenvalue weighted by Crippen LogP contribution is 2.32. The fourth-order valence-corrected chi connectivity index (χ4v) is 5.76. The van der Waals surface area contributed by atoms with Gasteiger partial charge in [0.1, 0.15) is 11.9 Å². The number of nitrogens with two attached hydrogens (primary N) is 1. The summed E-state index contributed by atoms with van der Waals surface area (Å²) < 4.78 is 7.89. The number of unbranched alkanes of at least 4 members (excludes halogenated alkanes) is 2. The van der Waals surface area contributed by atoms with E-state index in [1.807, 2.05) is 47.6 Å². The lowest BCUT2D eigenvalue weighted by molar-refractivity contribution is -0.121. The number of nitrogens with one attached hydrogen (secondary N) is 2. The van der Waals surface area contributed by atoms with E-state index < -0.39 is 6.10 Å². The van der Waals surface area contributed by atoms with Crippen LogP contribution in [0.5, 0.6) is 11.5 Å². The molecule has 1 aliphatic heterocycles. The Labute approximate surface area is 252 Å². The Morgan fingerprint density at radius 1 is 1.16 bits per heavy atom. The minimum atomic E-state index is -0.576. The molecule has 0 unspecified atom stereocenters. The second-order valence-electron chi connectivity index (χ2n) is 11.4. The number of H-pyrrole nitrogens is 1. The molecule has 0 aliphatic carbocycles. The molecule has 0 spiro atoms. The van der Waals surface area contributed by atoms with Crippen LogP contribution in [0.2, 0.25) is 0 Å². The zero-order chi connectivity index (χ0) is 30.3. The molecule has 4 aromatic rings. The molecule has 0 bridgehead atoms. The summed E-state index contributed by atoms with van der Waals surface area (Å²) in [6.07, 6.45) is 14.3. The normalized spacial score (nSPS) is 14.9. The van der Waals surface area contributed by atoms with Crippen LogP contribution in [0.25, 0.3) is 17.0 Å². The molecule has 7 N–H and O–H groups in total. The Morgan fingerprint density at radius 2 is 2.02 bits per heavy atom. The number of Topliss-reactive ketones (excluding diaryl/α,β-unsaturated/α-hetero) is 1. The molecule has 2 atom stereocenters. The number of ketones is 1. The minimum Gasteiger partial charge on any atom is -0.504 e. The Kier molecular flexibility index (Phi) is 9.86. The van der Waals surface area contributed by atoms with Crippen molar-refractivity contribution < 1.29 is 24.9 Å². The van der Waals surface area contributed by atoms with Gasteiger partial charge in [0.2, 0.25) is 0 Å². The van der Waals surface area contributed by atoms with Crippen molar-refractivity contribution >= 4 is 22.8 Å². The third-order valence-electron chi connectivity index (χ3n) is 8.20. The predicted molar refractivity (Wildman–Crippen MR) is 167 cm³/mol. The van der Waals surface area contributed by atoms with Gasteiger partial charge in [-0.05, 0) is 70.6 Å². The highest BCUT2D eigenvalue weighted by molar-refractivity contribution is 5.83. The van der Waals surface area contributed by atoms with E-state index in [-0.39, 0.29) is 37.5 Å². The smallest absolute Gasteiger partial charge is 0.165 e. The van der Waals surface area contributed by atoms with Crippen LogP contribution in [0.15, 0.2) is 55.1 Å². The largest absolute Gasteiger partial charge is 0.504 e. The van der Waals surface area contributed by atoms with E-state index in [2.05, 4.69) is 17.2 Å². The van der Waals surface area contributed by atoms with Crippen molar-refractivity contribution in [3.63, 3.8) is 0 Å². The van der Waals surface area contributed by atoms with Gasteiger partial charge in [0.25, 0.3) is 0 Å². The van der Waals surface area contributed by atoms with Crippen LogP contribution >= 0.6 is 0 Å². The second-order valence-corrected chi connectivity index (χ2v) is 11.4. The number of nitrogens with zero attached hydrogens (tertiary/aromatic N) is 1. The summed E-state index contributed by atoms with van der Waals surface area (Å²) in [6.45, 7) is 2.25. The van der Waals surface area contributed by atoms with E-state index >= 15 is 0 Å². The number of carbonyl (C=O) groups is 1. The molecule has 1 aliphatic rings. The SMILES string of the molecule is CCCCC[C@@H](O)CC(=O)CCc1ccc(O)c(OCn2cc3[nH]cc(Cc4c(CO)ccc5c4C=CN[C@H]5N)c3c2)c1. The van der Waals surface area contributed by atoms with E-state index in [1.54, 1.807) is 18.2 Å². The van der Waals surface area contributed by atoms with Gasteiger partial charge >= 0.3 is 0 Å². The first-order valence-electron chi connectivity index (χ1n) is 15.1. The van der Waals surface area contributed by atoms with Gasteiger partial charge in [-0.2, -0.15) is 0 Å². The van der Waals surface area contributed by atoms with Crippen molar-refractivity contribution in [2.75, 3.05) is 0 Å². The van der Waals surface area contributed by atoms with Gasteiger partial charge in [0.05, 0.1) is 18.2 Å². The summed E-state index contributed by atoms with van der Waals surface area (Å²) in [5.41, 5.74) is 13.1. The number of hydrogen-bond donors (Lipinski definition) is 6. The summed E-state index contributed by atoms with van der Waals surface area (Å²) in [7, 11) is 0. The van der Waals surface area contributed by atoms with Gasteiger partial charge in [-0.1, -0.05) is 44.4 Å². The number of rotatable bonds is 15. The first-order valence-corrected chi connectivity index (χ1v) is 15.1. The van der Waals surface area contributed by atoms with Crippen LogP contribution < -0.4 is 15.8 Å². The fourth-order valence-electron chi connectivity index (χ4n) is 5.76. The number of aliphatic hydroxyl groups is 2. The zero-order valence-electron chi connectivity index (χ0n) is 24.7. The van der Waals surface area contributed by atoms with Crippen molar-refractivity contribution in [1.29, 1.82) is 0 Å². The molecule has 0 radical (unpaired) electrons. The Bertz CT molecular complexity index is 1590. The number of benzene rings is 2. The molecule has 2 aromatic carbocycles. The van der Waals surface area contributed by atoms with E-state index in [9.17, 15) is 20.1 Å². The summed E-state index contributed by atoms with van der Waals surface area (Å²) in [5, 5.41) is 34.7. The first kappa shape index (κ1) is 30.4. The fraction of sp³-hybridized carbons (Fsp3) is 0.382. The maximum absolute atomic E-state index is 12.4. The molecule has 43 heavy (non-hydrogen) atoms. The molecule has 228 valence electrons. The lowest BCUT2D eigenvalue weighted by atomic mass is 9.89. The number of aliphatic hydroxyl groups excluding tert-OH is 2. The summed E-state index contributed by atoms with van der Waals surface area (Å²) in [6, 6.07) is 9.05. The number of ether oxygens (including phenoxy) is 1. The van der Waals surface area contributed by atoms with Crippen LogP contribution in [0.3, 0.4) is 0 Å². The van der Waals surface area contributed by atoms with E-state index in [0.717, 1.165) is 63.5 Å². The maximum atomic E-state index is 12.4. The van der Waals surface area contributed by atoms with E-state index in [0.29, 0.717) is 31.4 Å². The molecule has 3 heterocycles. The molecule has 2 aromatic heterocycles. The van der Waals surface area contributed by atoms with Gasteiger partial charge in [-0.25, -0.2) is 0 Å². The van der Waals surface area contributed by atoms with Gasteiger partial charge in [-0.3, -0.25) is 4.79 Å². The first-order chi connectivity index (χ1) is 20.9. The van der Waals surface area contributed by atoms with Crippen LogP contribution in [0.4, 0.5) is 0 Å². The lowest BCUT2D eigenvalue weighted by Crippen LogP contribution is -2.28. The van der Waals surface area contributed by atoms with E-state index in [1.165, 1.54) is 0 Å². The molecule has 9 heteroatoms. The number of fused-ring (bicyclic) bond motifs is 2. The van der Waals surface area contributed by atoms with E-state index in [4.69, 9.17) is 10.5 Å². The maximum Gasteiger partial charge on any atom is 0.165 e. The average molecular weight is 587 g/mol. The quantitative estimate of drug-likeness (QED) is 0.106. The number of aromatic hydroxyl groups is 1. The highest BCUT2D eigenvalue weighted by Gasteiger charge is 2.20. The minimum absolute atomic E-state index is 0.0333. The van der Waals surface area contributed by atoms with Crippen LogP contribution in [-0.4, -0.2) is 36.8 Å². The molecule has 0 saturated carbocycles. The number of phenolic OH excluding ortho intramolecular Hbond substituents is 1. The standard InChI is InChI=1S/C34H42N4O5/c1-2-3-4-5-25(40)16-26(41)9-6-22-7-11-32(42)33(14-22)43-21-38-18-30-24(17-37-31(30)19-38)15-29-23(20-39)8-10-28-27(29)12-13-36-34(28)35/h7-8,10-14,17-19,25,34,36-37,39-40,42H,2-6,9,15-16,20-21,35H2,1H3/t25-,34-/m1/s1. The molecule has 9 nitrogen and oxygen atoms in total. The average Bonchev–Trinajstić information content (AvgIpc) is 3.57. The van der Waals surface area contributed by atoms with Crippen molar-refractivity contribution in [2.45, 2.75) is 83.9 Å². The van der Waals surface area contributed by atoms with Gasteiger partial charge in [0.15, 0.2) is 18.2 Å².